The number of anilines is 1. The minimum absolute atomic E-state index is 0.0782. The number of phenols is 1. The average molecular weight is 993 g/mol. The highest BCUT2D eigenvalue weighted by Crippen LogP contribution is 2.46. The van der Waals surface area contributed by atoms with E-state index >= 15 is 0 Å². The number of phenolic OH excluding ortho intramolecular Hbond substituents is 1. The summed E-state index contributed by atoms with van der Waals surface area (Å²) >= 11 is 0. The highest BCUT2D eigenvalue weighted by atomic mass is 32.2. The SMILES string of the molecule is O=C(O)C1=NN(c2ccc(S(=O)(=O)O)cc2)C(=O)C1/N=N/c1ccc2c(O)c(/N=N/c3cc(OCCO)c(/N=N/c4ccc5ccccc5c4S(=O)(=O)O)cc3OCCO)c(S(=O)(=O)O)cc2c1. The molecule has 1 aliphatic heterocycles. The van der Waals surface area contributed by atoms with E-state index in [1.165, 1.54) is 30.3 Å². The normalized spacial score (nSPS) is 14.8. The van der Waals surface area contributed by atoms with Crippen molar-refractivity contribution in [1.29, 1.82) is 0 Å². The van der Waals surface area contributed by atoms with Crippen LogP contribution >= 0.6 is 0 Å². The molecule has 6 aromatic rings. The molecular weight excluding hydrogens is 961 g/mol. The number of aliphatic carboxylic acids is 1. The lowest BCUT2D eigenvalue weighted by Gasteiger charge is -2.13. The van der Waals surface area contributed by atoms with Crippen LogP contribution in [0.5, 0.6) is 17.2 Å². The highest BCUT2D eigenvalue weighted by Gasteiger charge is 2.41. The van der Waals surface area contributed by atoms with E-state index in [9.17, 15) is 68.9 Å². The lowest BCUT2D eigenvalue weighted by atomic mass is 10.1. The first kappa shape index (κ1) is 48.2. The van der Waals surface area contributed by atoms with E-state index in [2.05, 4.69) is 35.8 Å². The molecule has 0 bridgehead atoms. The van der Waals surface area contributed by atoms with Crippen molar-refractivity contribution < 1.29 is 78.4 Å². The average Bonchev–Trinajstić information content (AvgIpc) is 3.63. The molecule has 1 aliphatic rings. The lowest BCUT2D eigenvalue weighted by molar-refractivity contribution is -0.130. The minimum atomic E-state index is -5.22. The zero-order chi connectivity index (χ0) is 49.1. The molecule has 0 radical (unpaired) electrons. The number of nitrogens with zero attached hydrogens (tertiary/aromatic N) is 8. The van der Waals surface area contributed by atoms with E-state index in [4.69, 9.17) is 9.47 Å². The number of hydrogen-bond donors (Lipinski definition) is 7. The van der Waals surface area contributed by atoms with Crippen molar-refractivity contribution in [3.63, 3.8) is 0 Å². The summed E-state index contributed by atoms with van der Waals surface area (Å²) < 4.78 is 114. The highest BCUT2D eigenvalue weighted by molar-refractivity contribution is 7.86. The summed E-state index contributed by atoms with van der Waals surface area (Å²) in [6.07, 6.45) is 0. The van der Waals surface area contributed by atoms with Gasteiger partial charge in [0.05, 0.1) is 29.5 Å². The first-order chi connectivity index (χ1) is 32.2. The fourth-order valence-electron chi connectivity index (χ4n) is 6.50. The van der Waals surface area contributed by atoms with Crippen molar-refractivity contribution >= 4 is 104 Å². The van der Waals surface area contributed by atoms with E-state index in [0.29, 0.717) is 10.4 Å². The monoisotopic (exact) mass is 992 g/mol. The molecule has 0 aromatic heterocycles. The van der Waals surface area contributed by atoms with E-state index in [-0.39, 0.29) is 69.3 Å². The summed E-state index contributed by atoms with van der Waals surface area (Å²) in [6, 6.07) is 18.2. The molecule has 0 saturated carbocycles. The van der Waals surface area contributed by atoms with Crippen LogP contribution < -0.4 is 14.5 Å². The number of carbonyl (C=O) groups is 2. The Kier molecular flexibility index (Phi) is 13.7. The molecule has 1 unspecified atom stereocenters. The molecule has 1 amide bonds. The topological polar surface area (TPSA) is 386 Å². The van der Waals surface area contributed by atoms with Gasteiger partial charge in [-0.1, -0.05) is 30.3 Å². The molecule has 1 atom stereocenters. The predicted octanol–water partition coefficient (Wildman–Crippen LogP) is 5.95. The van der Waals surface area contributed by atoms with Crippen molar-refractivity contribution in [3.05, 3.63) is 97.1 Å². The number of fused-ring (bicyclic) bond motifs is 2. The van der Waals surface area contributed by atoms with Gasteiger partial charge in [0.25, 0.3) is 36.3 Å². The van der Waals surface area contributed by atoms with Gasteiger partial charge in [-0.2, -0.15) is 45.6 Å². The third kappa shape index (κ3) is 10.3. The van der Waals surface area contributed by atoms with Gasteiger partial charge in [-0.25, -0.2) is 4.79 Å². The number of hydrazone groups is 1. The molecular formula is C40H32N8O17S3. The molecule has 28 heteroatoms. The van der Waals surface area contributed by atoms with Crippen LogP contribution in [0, 0.1) is 0 Å². The molecule has 0 fully saturated rings. The third-order valence-corrected chi connectivity index (χ3v) is 12.2. The van der Waals surface area contributed by atoms with Crippen LogP contribution in [-0.2, 0) is 39.9 Å². The minimum Gasteiger partial charge on any atom is -0.505 e. The Labute approximate surface area is 382 Å². The predicted molar refractivity (Wildman–Crippen MR) is 236 cm³/mol. The van der Waals surface area contributed by atoms with Gasteiger partial charge in [-0.3, -0.25) is 18.5 Å². The van der Waals surface area contributed by atoms with Gasteiger partial charge in [0.2, 0.25) is 6.04 Å². The Balaban J connectivity index is 1.24. The van der Waals surface area contributed by atoms with Crippen LogP contribution in [0.15, 0.2) is 148 Å². The largest absolute Gasteiger partial charge is 0.505 e. The van der Waals surface area contributed by atoms with Gasteiger partial charge < -0.3 is 29.9 Å². The van der Waals surface area contributed by atoms with Crippen LogP contribution in [-0.4, -0.2) is 109 Å². The zero-order valence-corrected chi connectivity index (χ0v) is 36.6. The number of aliphatic hydroxyl groups excluding tert-OH is 2. The number of azo groups is 3. The molecule has 68 heavy (non-hydrogen) atoms. The van der Waals surface area contributed by atoms with Crippen molar-refractivity contribution in [2.75, 3.05) is 31.4 Å². The molecule has 7 N–H and O–H groups in total. The summed E-state index contributed by atoms with van der Waals surface area (Å²) in [6.45, 7) is -1.71. The van der Waals surface area contributed by atoms with Crippen molar-refractivity contribution in [2.45, 2.75) is 20.7 Å². The number of rotatable bonds is 17. The van der Waals surface area contributed by atoms with Crippen LogP contribution in [0.3, 0.4) is 0 Å². The Bertz CT molecular complexity index is 3500. The number of ether oxygens (including phenoxy) is 2. The van der Waals surface area contributed by atoms with Crippen LogP contribution in [0.4, 0.5) is 34.1 Å². The van der Waals surface area contributed by atoms with E-state index in [0.717, 1.165) is 42.5 Å². The summed E-state index contributed by atoms with van der Waals surface area (Å²) in [5.74, 6) is -3.89. The van der Waals surface area contributed by atoms with Gasteiger partial charge in [0, 0.05) is 22.9 Å². The Morgan fingerprint density at radius 3 is 1.87 bits per heavy atom. The smallest absolute Gasteiger partial charge is 0.355 e. The molecule has 1 heterocycles. The Morgan fingerprint density at radius 2 is 1.28 bits per heavy atom. The van der Waals surface area contributed by atoms with Crippen molar-refractivity contribution in [3.8, 4) is 17.2 Å². The van der Waals surface area contributed by atoms with Gasteiger partial charge in [-0.15, -0.1) is 20.5 Å². The standard InChI is InChI=1S/C40H32N8O17S3/c49-13-15-64-31-20-30(32(65-16-14-50)19-29(31)43-42-28-12-5-21-3-1-2-4-27(21)38(28)68(61,62)63)44-45-34-33(67(58,59)60)18-22-17-23(6-11-26(22)37(34)51)41-46-35-36(40(53)54)47-48(39(35)52)24-7-9-25(10-8-24)66(55,56)57/h1-12,17-20,35,49-51H,13-16H2,(H,53,54)(H,55,56,57)(H,58,59,60)(H,61,62,63)/b43-42+,45-44+,46-41+. The number of aliphatic hydroxyl groups is 2. The molecule has 352 valence electrons. The van der Waals surface area contributed by atoms with Gasteiger partial charge in [-0.05, 0) is 65.4 Å². The second-order valence-electron chi connectivity index (χ2n) is 13.9. The number of carbonyl (C=O) groups excluding carboxylic acids is 1. The van der Waals surface area contributed by atoms with Gasteiger partial charge in [0.1, 0.15) is 57.3 Å². The number of aromatic hydroxyl groups is 1. The zero-order valence-electron chi connectivity index (χ0n) is 34.2. The maximum Gasteiger partial charge on any atom is 0.355 e. The maximum absolute atomic E-state index is 13.3. The van der Waals surface area contributed by atoms with E-state index in [1.54, 1.807) is 24.3 Å². The maximum atomic E-state index is 13.3. The number of amides is 1. The molecule has 7 rings (SSSR count). The van der Waals surface area contributed by atoms with E-state index < -0.39 is 93.3 Å². The fourth-order valence-corrected chi connectivity index (χ4v) is 8.48. The van der Waals surface area contributed by atoms with Crippen LogP contribution in [0.1, 0.15) is 0 Å². The molecule has 0 spiro atoms. The molecule has 0 saturated heterocycles. The molecule has 6 aromatic carbocycles. The summed E-state index contributed by atoms with van der Waals surface area (Å²) in [5, 5.41) is 68.9. The third-order valence-electron chi connectivity index (χ3n) is 9.49. The Hall–Kier alpha value is -7.70. The van der Waals surface area contributed by atoms with E-state index in [1.807, 2.05) is 0 Å². The van der Waals surface area contributed by atoms with Gasteiger partial charge in [0.15, 0.2) is 11.5 Å². The number of hydrogen-bond acceptors (Lipinski definition) is 20. The van der Waals surface area contributed by atoms with Gasteiger partial charge >= 0.3 is 5.97 Å². The fraction of sp³-hybridized carbons (Fsp3) is 0.125. The molecule has 25 nitrogen and oxygen atoms in total. The van der Waals surface area contributed by atoms with Crippen LogP contribution in [0.2, 0.25) is 0 Å². The Morgan fingerprint density at radius 1 is 0.662 bits per heavy atom. The summed E-state index contributed by atoms with van der Waals surface area (Å²) in [7, 11) is -14.7. The second kappa shape index (κ2) is 19.3. The quantitative estimate of drug-likeness (QED) is 0.0410. The number of benzene rings is 6. The number of carboxylic acid groups (broad SMARTS) is 1. The second-order valence-corrected chi connectivity index (χ2v) is 18.1. The van der Waals surface area contributed by atoms with Crippen molar-refractivity contribution in [2.24, 2.45) is 35.8 Å². The van der Waals surface area contributed by atoms with Crippen molar-refractivity contribution in [1.82, 2.24) is 0 Å². The first-order valence-electron chi connectivity index (χ1n) is 19.1. The first-order valence-corrected chi connectivity index (χ1v) is 23.4. The summed E-state index contributed by atoms with van der Waals surface area (Å²) in [4.78, 5) is 23.3. The lowest BCUT2D eigenvalue weighted by Crippen LogP contribution is -2.33. The van der Waals surface area contributed by atoms with Crippen LogP contribution in [0.25, 0.3) is 21.5 Å². The number of carboxylic acids is 1. The molecule has 0 aliphatic carbocycles. The summed E-state index contributed by atoms with van der Waals surface area (Å²) in [5.41, 5.74) is -2.45.